The molecular formula is C7H6N2O4. The Bertz CT molecular complexity index is 411. The summed E-state index contributed by atoms with van der Waals surface area (Å²) in [4.78, 5) is 20.9. The zero-order valence-corrected chi connectivity index (χ0v) is 6.54. The molecule has 0 bridgehead atoms. The Morgan fingerprint density at radius 2 is 2.38 bits per heavy atom. The van der Waals surface area contributed by atoms with Crippen molar-refractivity contribution in [1.82, 2.24) is 4.57 Å². The molecule has 0 N–H and O–H groups in total. The predicted octanol–water partition coefficient (Wildman–Crippen LogP) is -0.157. The summed E-state index contributed by atoms with van der Waals surface area (Å²) in [5.74, 6) is 0.259. The molecule has 0 saturated carbocycles. The van der Waals surface area contributed by atoms with Crippen LogP contribution in [-0.2, 0) is 6.54 Å². The van der Waals surface area contributed by atoms with Gasteiger partial charge in [0.05, 0.1) is 4.92 Å². The lowest BCUT2D eigenvalue weighted by molar-refractivity contribution is -0.559. The Labute approximate surface area is 72.5 Å². The maximum Gasteiger partial charge on any atom is 0.373 e. The highest BCUT2D eigenvalue weighted by molar-refractivity contribution is 5.15. The van der Waals surface area contributed by atoms with Gasteiger partial charge in [-0.15, -0.1) is 0 Å². The number of hydrogen-bond donors (Lipinski definition) is 0. The van der Waals surface area contributed by atoms with Crippen LogP contribution >= 0.6 is 0 Å². The van der Waals surface area contributed by atoms with Crippen molar-refractivity contribution >= 4 is 0 Å². The van der Waals surface area contributed by atoms with E-state index < -0.39 is 11.2 Å². The number of nitro groups is 1. The number of aromatic nitrogens is 1. The summed E-state index contributed by atoms with van der Waals surface area (Å²) in [5, 5.41) is 10.3. The van der Waals surface area contributed by atoms with E-state index in [9.17, 15) is 14.9 Å². The van der Waals surface area contributed by atoms with Gasteiger partial charge in [0.25, 0.3) is 5.56 Å². The Morgan fingerprint density at radius 3 is 3.00 bits per heavy atom. The molecule has 1 aromatic rings. The van der Waals surface area contributed by atoms with Crippen molar-refractivity contribution in [2.45, 2.75) is 12.8 Å². The average Bonchev–Trinajstić information content (AvgIpc) is 2.49. The van der Waals surface area contributed by atoms with Gasteiger partial charge >= 0.3 is 6.23 Å². The van der Waals surface area contributed by atoms with Crippen LogP contribution < -0.4 is 10.3 Å². The molecule has 0 spiro atoms. The highest BCUT2D eigenvalue weighted by Gasteiger charge is 2.31. The van der Waals surface area contributed by atoms with Crippen LogP contribution in [0.25, 0.3) is 0 Å². The average molecular weight is 182 g/mol. The first-order valence-electron chi connectivity index (χ1n) is 3.68. The number of rotatable bonds is 1. The van der Waals surface area contributed by atoms with Gasteiger partial charge in [0.1, 0.15) is 6.54 Å². The second-order valence-electron chi connectivity index (χ2n) is 2.67. The fourth-order valence-electron chi connectivity index (χ4n) is 1.23. The SMILES string of the molecule is O=c1cccc2n1CC([N+](=O)[O-])O2. The molecule has 6 heteroatoms. The van der Waals surface area contributed by atoms with Gasteiger partial charge < -0.3 is 4.74 Å². The van der Waals surface area contributed by atoms with Crippen molar-refractivity contribution in [2.24, 2.45) is 0 Å². The van der Waals surface area contributed by atoms with Crippen LogP contribution in [0.4, 0.5) is 0 Å². The summed E-state index contributed by atoms with van der Waals surface area (Å²) in [6.45, 7) is -0.0119. The van der Waals surface area contributed by atoms with E-state index in [0.29, 0.717) is 0 Å². The maximum absolute atomic E-state index is 11.1. The molecule has 6 nitrogen and oxygen atoms in total. The van der Waals surface area contributed by atoms with E-state index >= 15 is 0 Å². The van der Waals surface area contributed by atoms with E-state index in [1.54, 1.807) is 0 Å². The second-order valence-corrected chi connectivity index (χ2v) is 2.67. The number of pyridine rings is 1. The summed E-state index contributed by atoms with van der Waals surface area (Å²) < 4.78 is 6.16. The zero-order valence-electron chi connectivity index (χ0n) is 6.54. The van der Waals surface area contributed by atoms with Crippen molar-refractivity contribution in [1.29, 1.82) is 0 Å². The van der Waals surface area contributed by atoms with Crippen molar-refractivity contribution in [2.75, 3.05) is 0 Å². The van der Waals surface area contributed by atoms with E-state index in [1.807, 2.05) is 0 Å². The summed E-state index contributed by atoms with van der Waals surface area (Å²) in [5.41, 5.74) is -0.276. The van der Waals surface area contributed by atoms with Crippen LogP contribution in [0.5, 0.6) is 5.88 Å². The lowest BCUT2D eigenvalue weighted by Gasteiger charge is -1.97. The fraction of sp³-hybridized carbons (Fsp3) is 0.286. The number of hydrogen-bond acceptors (Lipinski definition) is 4. The van der Waals surface area contributed by atoms with Crippen LogP contribution in [0.2, 0.25) is 0 Å². The first kappa shape index (κ1) is 7.78. The second kappa shape index (κ2) is 2.58. The summed E-state index contributed by atoms with van der Waals surface area (Å²) in [7, 11) is 0. The molecule has 0 saturated heterocycles. The van der Waals surface area contributed by atoms with Gasteiger partial charge in [-0.3, -0.25) is 19.5 Å². The first-order valence-corrected chi connectivity index (χ1v) is 3.68. The molecule has 2 heterocycles. The minimum atomic E-state index is -1.13. The molecule has 1 atom stereocenters. The van der Waals surface area contributed by atoms with Crippen LogP contribution in [0.1, 0.15) is 0 Å². The standard InChI is InChI=1S/C7H6N2O4/c10-5-2-1-3-6-8(5)4-7(13-6)9(11)12/h1-3,7H,4H2. The lowest BCUT2D eigenvalue weighted by atomic mass is 10.4. The Morgan fingerprint density at radius 1 is 1.62 bits per heavy atom. The van der Waals surface area contributed by atoms with Gasteiger partial charge in [0, 0.05) is 6.07 Å². The Balaban J connectivity index is 2.41. The molecule has 2 rings (SSSR count). The third-order valence-electron chi connectivity index (χ3n) is 1.84. The summed E-state index contributed by atoms with van der Waals surface area (Å²) in [6.07, 6.45) is -1.13. The van der Waals surface area contributed by atoms with Gasteiger partial charge in [-0.1, -0.05) is 6.07 Å². The largest absolute Gasteiger partial charge is 0.412 e. The van der Waals surface area contributed by atoms with Crippen LogP contribution in [0.15, 0.2) is 23.0 Å². The Kier molecular flexibility index (Phi) is 1.54. The summed E-state index contributed by atoms with van der Waals surface area (Å²) >= 11 is 0. The van der Waals surface area contributed by atoms with E-state index in [4.69, 9.17) is 4.74 Å². The zero-order chi connectivity index (χ0) is 9.42. The minimum absolute atomic E-state index is 0.0119. The molecule has 1 aliphatic rings. The molecule has 0 fully saturated rings. The molecule has 0 amide bonds. The maximum atomic E-state index is 11.1. The third kappa shape index (κ3) is 1.16. The third-order valence-corrected chi connectivity index (χ3v) is 1.84. The fourth-order valence-corrected chi connectivity index (χ4v) is 1.23. The Hall–Kier alpha value is -1.85. The van der Waals surface area contributed by atoms with Crippen molar-refractivity contribution < 1.29 is 9.66 Å². The minimum Gasteiger partial charge on any atom is -0.412 e. The van der Waals surface area contributed by atoms with Gasteiger partial charge in [-0.25, -0.2) is 0 Å². The lowest BCUT2D eigenvalue weighted by Crippen LogP contribution is -2.26. The van der Waals surface area contributed by atoms with Gasteiger partial charge in [-0.05, 0) is 6.07 Å². The molecule has 1 unspecified atom stereocenters. The number of fused-ring (bicyclic) bond motifs is 1. The number of nitrogens with zero attached hydrogens (tertiary/aromatic N) is 2. The normalized spacial score (nSPS) is 19.2. The topological polar surface area (TPSA) is 74.4 Å². The van der Waals surface area contributed by atoms with Crippen molar-refractivity contribution in [3.05, 3.63) is 38.7 Å². The molecular weight excluding hydrogens is 176 g/mol. The quantitative estimate of drug-likeness (QED) is 0.447. The van der Waals surface area contributed by atoms with Crippen molar-refractivity contribution in [3.8, 4) is 5.88 Å². The molecule has 68 valence electrons. The molecule has 0 radical (unpaired) electrons. The van der Waals surface area contributed by atoms with Crippen molar-refractivity contribution in [3.63, 3.8) is 0 Å². The van der Waals surface area contributed by atoms with Gasteiger partial charge in [0.15, 0.2) is 0 Å². The van der Waals surface area contributed by atoms with Gasteiger partial charge in [-0.2, -0.15) is 0 Å². The highest BCUT2D eigenvalue weighted by atomic mass is 16.7. The molecule has 1 aromatic heterocycles. The van der Waals surface area contributed by atoms with Crippen LogP contribution in [-0.4, -0.2) is 15.7 Å². The summed E-state index contributed by atoms with van der Waals surface area (Å²) in [6, 6.07) is 4.39. The molecule has 0 aliphatic carbocycles. The highest BCUT2D eigenvalue weighted by Crippen LogP contribution is 2.18. The van der Waals surface area contributed by atoms with E-state index in [0.717, 1.165) is 0 Å². The monoisotopic (exact) mass is 182 g/mol. The van der Waals surface area contributed by atoms with E-state index in [-0.39, 0.29) is 18.0 Å². The molecule has 13 heavy (non-hydrogen) atoms. The first-order chi connectivity index (χ1) is 6.18. The predicted molar refractivity (Wildman–Crippen MR) is 42.1 cm³/mol. The van der Waals surface area contributed by atoms with Crippen LogP contribution in [0.3, 0.4) is 0 Å². The molecule has 0 aromatic carbocycles. The van der Waals surface area contributed by atoms with E-state index in [2.05, 4.69) is 0 Å². The van der Waals surface area contributed by atoms with Gasteiger partial charge in [0.2, 0.25) is 5.88 Å². The molecule has 1 aliphatic heterocycles. The smallest absolute Gasteiger partial charge is 0.373 e. The number of ether oxygens (including phenoxy) is 1. The van der Waals surface area contributed by atoms with E-state index in [1.165, 1.54) is 22.8 Å². The van der Waals surface area contributed by atoms with Crippen LogP contribution in [0, 0.1) is 10.1 Å².